The standard InChI is InChI=1S/C14H18ClFO3/c1-14(2,13(17)18)7-3-4-8-19-10-5-6-11(15)12(16)9-10/h5-6,9H,3-4,7-8H2,1-2H3,(H,17,18). The Hall–Kier alpha value is -1.29. The lowest BCUT2D eigenvalue weighted by molar-refractivity contribution is -0.147. The van der Waals surface area contributed by atoms with E-state index in [2.05, 4.69) is 0 Å². The summed E-state index contributed by atoms with van der Waals surface area (Å²) in [7, 11) is 0. The molecule has 1 rings (SSSR count). The van der Waals surface area contributed by atoms with Gasteiger partial charge in [0.15, 0.2) is 0 Å². The van der Waals surface area contributed by atoms with E-state index >= 15 is 0 Å². The summed E-state index contributed by atoms with van der Waals surface area (Å²) in [6.07, 6.45) is 2.05. The zero-order chi connectivity index (χ0) is 14.5. The van der Waals surface area contributed by atoms with Crippen LogP contribution in [0.2, 0.25) is 5.02 Å². The molecule has 0 aliphatic carbocycles. The molecule has 0 fully saturated rings. The summed E-state index contributed by atoms with van der Waals surface area (Å²) < 4.78 is 18.5. The third kappa shape index (κ3) is 5.07. The summed E-state index contributed by atoms with van der Waals surface area (Å²) in [4.78, 5) is 10.9. The molecule has 5 heteroatoms. The van der Waals surface area contributed by atoms with E-state index in [0.29, 0.717) is 18.8 Å². The number of aliphatic carboxylic acids is 1. The predicted octanol–water partition coefficient (Wildman–Crippen LogP) is 4.14. The summed E-state index contributed by atoms with van der Waals surface area (Å²) in [5, 5.41) is 9.01. The van der Waals surface area contributed by atoms with Crippen molar-refractivity contribution < 1.29 is 19.0 Å². The molecule has 1 aromatic rings. The molecule has 0 aliphatic rings. The maximum Gasteiger partial charge on any atom is 0.309 e. The van der Waals surface area contributed by atoms with Crippen molar-refractivity contribution in [3.8, 4) is 5.75 Å². The smallest absolute Gasteiger partial charge is 0.309 e. The van der Waals surface area contributed by atoms with Crippen molar-refractivity contribution in [1.82, 2.24) is 0 Å². The van der Waals surface area contributed by atoms with Crippen LogP contribution in [0.5, 0.6) is 5.75 Å². The summed E-state index contributed by atoms with van der Waals surface area (Å²) >= 11 is 5.56. The highest BCUT2D eigenvalue weighted by Crippen LogP contribution is 2.24. The SMILES string of the molecule is CC(C)(CCCCOc1ccc(Cl)c(F)c1)C(=O)O. The van der Waals surface area contributed by atoms with Gasteiger partial charge in [-0.05, 0) is 45.2 Å². The van der Waals surface area contributed by atoms with Gasteiger partial charge >= 0.3 is 5.97 Å². The van der Waals surface area contributed by atoms with Crippen molar-refractivity contribution in [2.75, 3.05) is 6.61 Å². The van der Waals surface area contributed by atoms with E-state index in [-0.39, 0.29) is 5.02 Å². The van der Waals surface area contributed by atoms with Gasteiger partial charge in [0.05, 0.1) is 17.0 Å². The molecule has 0 heterocycles. The first-order valence-corrected chi connectivity index (χ1v) is 6.52. The van der Waals surface area contributed by atoms with Crippen LogP contribution in [0.4, 0.5) is 4.39 Å². The fourth-order valence-electron chi connectivity index (χ4n) is 1.53. The molecule has 3 nitrogen and oxygen atoms in total. The van der Waals surface area contributed by atoms with Crippen LogP contribution in [0.3, 0.4) is 0 Å². The Bertz CT molecular complexity index is 446. The molecule has 0 saturated heterocycles. The van der Waals surface area contributed by atoms with Crippen LogP contribution >= 0.6 is 11.6 Å². The molecule has 0 amide bonds. The average molecular weight is 289 g/mol. The molecular formula is C14H18ClFO3. The highest BCUT2D eigenvalue weighted by atomic mass is 35.5. The first-order valence-electron chi connectivity index (χ1n) is 6.14. The average Bonchev–Trinajstić information content (AvgIpc) is 2.33. The highest BCUT2D eigenvalue weighted by molar-refractivity contribution is 6.30. The van der Waals surface area contributed by atoms with Gasteiger partial charge < -0.3 is 9.84 Å². The molecule has 0 radical (unpaired) electrons. The van der Waals surface area contributed by atoms with Crippen molar-refractivity contribution in [1.29, 1.82) is 0 Å². The maximum absolute atomic E-state index is 13.1. The van der Waals surface area contributed by atoms with Gasteiger partial charge in [0.1, 0.15) is 11.6 Å². The third-order valence-corrected chi connectivity index (χ3v) is 3.24. The highest BCUT2D eigenvalue weighted by Gasteiger charge is 2.25. The number of unbranched alkanes of at least 4 members (excludes halogenated alkanes) is 1. The zero-order valence-corrected chi connectivity index (χ0v) is 11.8. The summed E-state index contributed by atoms with van der Waals surface area (Å²) in [5.74, 6) is -0.876. The van der Waals surface area contributed by atoms with Crippen LogP contribution in [0, 0.1) is 11.2 Å². The molecule has 0 aliphatic heterocycles. The molecule has 19 heavy (non-hydrogen) atoms. The number of ether oxygens (including phenoxy) is 1. The van der Waals surface area contributed by atoms with Crippen molar-refractivity contribution in [2.24, 2.45) is 5.41 Å². The number of carboxylic acid groups (broad SMARTS) is 1. The van der Waals surface area contributed by atoms with E-state index in [4.69, 9.17) is 21.4 Å². The van der Waals surface area contributed by atoms with Gasteiger partial charge in [0.2, 0.25) is 0 Å². The molecular weight excluding hydrogens is 271 g/mol. The van der Waals surface area contributed by atoms with Gasteiger partial charge in [-0.15, -0.1) is 0 Å². The minimum Gasteiger partial charge on any atom is -0.493 e. The monoisotopic (exact) mass is 288 g/mol. The Balaban J connectivity index is 2.28. The maximum atomic E-state index is 13.1. The normalized spacial score (nSPS) is 11.4. The minimum atomic E-state index is -0.798. The number of halogens is 2. The van der Waals surface area contributed by atoms with E-state index in [1.54, 1.807) is 19.9 Å². The summed E-state index contributed by atoms with van der Waals surface area (Å²) in [6, 6.07) is 4.29. The van der Waals surface area contributed by atoms with Crippen LogP contribution in [0.15, 0.2) is 18.2 Å². The second-order valence-electron chi connectivity index (χ2n) is 5.07. The van der Waals surface area contributed by atoms with Gasteiger partial charge in [-0.25, -0.2) is 4.39 Å². The number of carbonyl (C=O) groups is 1. The largest absolute Gasteiger partial charge is 0.493 e. The fourth-order valence-corrected chi connectivity index (χ4v) is 1.65. The van der Waals surface area contributed by atoms with Crippen LogP contribution in [0.25, 0.3) is 0 Å². The molecule has 106 valence electrons. The lowest BCUT2D eigenvalue weighted by Crippen LogP contribution is -2.23. The molecule has 0 aromatic heterocycles. The zero-order valence-electron chi connectivity index (χ0n) is 11.1. The number of benzene rings is 1. The van der Waals surface area contributed by atoms with Crippen molar-refractivity contribution in [2.45, 2.75) is 33.1 Å². The molecule has 1 N–H and O–H groups in total. The topological polar surface area (TPSA) is 46.5 Å². The molecule has 0 unspecified atom stereocenters. The van der Waals surface area contributed by atoms with Crippen molar-refractivity contribution in [3.63, 3.8) is 0 Å². The van der Waals surface area contributed by atoms with Crippen molar-refractivity contribution in [3.05, 3.63) is 29.0 Å². The Morgan fingerprint density at radius 1 is 1.42 bits per heavy atom. The Morgan fingerprint density at radius 3 is 2.68 bits per heavy atom. The predicted molar refractivity (Wildman–Crippen MR) is 72.2 cm³/mol. The second kappa shape index (κ2) is 6.75. The van der Waals surface area contributed by atoms with Crippen LogP contribution in [-0.4, -0.2) is 17.7 Å². The quantitative estimate of drug-likeness (QED) is 0.767. The number of rotatable bonds is 7. The molecule has 0 bridgehead atoms. The van der Waals surface area contributed by atoms with Gasteiger partial charge in [-0.3, -0.25) is 4.79 Å². The lowest BCUT2D eigenvalue weighted by atomic mass is 9.87. The Kier molecular flexibility index (Phi) is 5.60. The molecule has 0 atom stereocenters. The number of carboxylic acids is 1. The van der Waals surface area contributed by atoms with E-state index in [0.717, 1.165) is 12.8 Å². The Morgan fingerprint density at radius 2 is 2.11 bits per heavy atom. The van der Waals surface area contributed by atoms with Gasteiger partial charge in [0.25, 0.3) is 0 Å². The van der Waals surface area contributed by atoms with Crippen LogP contribution in [0.1, 0.15) is 33.1 Å². The number of hydrogen-bond donors (Lipinski definition) is 1. The molecule has 1 aromatic carbocycles. The van der Waals surface area contributed by atoms with E-state index < -0.39 is 17.2 Å². The van der Waals surface area contributed by atoms with Gasteiger partial charge in [-0.1, -0.05) is 11.6 Å². The third-order valence-electron chi connectivity index (χ3n) is 2.93. The minimum absolute atomic E-state index is 0.0653. The second-order valence-corrected chi connectivity index (χ2v) is 5.48. The molecule has 0 spiro atoms. The Labute approximate surface area is 117 Å². The van der Waals surface area contributed by atoms with E-state index in [1.165, 1.54) is 12.1 Å². The van der Waals surface area contributed by atoms with Crippen LogP contribution < -0.4 is 4.74 Å². The lowest BCUT2D eigenvalue weighted by Gasteiger charge is -2.18. The summed E-state index contributed by atoms with van der Waals surface area (Å²) in [6.45, 7) is 3.83. The number of hydrogen-bond acceptors (Lipinski definition) is 2. The van der Waals surface area contributed by atoms with Gasteiger partial charge in [0, 0.05) is 6.07 Å². The van der Waals surface area contributed by atoms with Crippen LogP contribution in [-0.2, 0) is 4.79 Å². The van der Waals surface area contributed by atoms with E-state index in [1.807, 2.05) is 0 Å². The van der Waals surface area contributed by atoms with Crippen molar-refractivity contribution >= 4 is 17.6 Å². The summed E-state index contributed by atoms with van der Waals surface area (Å²) in [5.41, 5.74) is -0.716. The fraction of sp³-hybridized carbons (Fsp3) is 0.500. The molecule has 0 saturated carbocycles. The first kappa shape index (κ1) is 15.8. The van der Waals surface area contributed by atoms with E-state index in [9.17, 15) is 9.18 Å². The van der Waals surface area contributed by atoms with Gasteiger partial charge in [-0.2, -0.15) is 0 Å². The first-order chi connectivity index (χ1) is 8.83.